The number of carbonyl (C=O) groups excluding carboxylic acids is 3. The highest BCUT2D eigenvalue weighted by molar-refractivity contribution is 5.94. The zero-order valence-corrected chi connectivity index (χ0v) is 20.3. The SMILES string of the molecule is CC(C)CC(NC(=O)C(N)Cc1ccc(O)cc1)C(=O)NC(C(=O)N1CCCC1C(=O)O)C(C)O. The van der Waals surface area contributed by atoms with Crippen molar-refractivity contribution in [2.75, 3.05) is 6.54 Å². The average molecular weight is 493 g/mol. The number of nitrogens with zero attached hydrogens (tertiary/aromatic N) is 1. The molecule has 5 unspecified atom stereocenters. The molecule has 1 fully saturated rings. The van der Waals surface area contributed by atoms with Crippen LogP contribution in [0.15, 0.2) is 24.3 Å². The Morgan fingerprint density at radius 2 is 1.71 bits per heavy atom. The van der Waals surface area contributed by atoms with Crippen molar-refractivity contribution in [3.05, 3.63) is 29.8 Å². The highest BCUT2D eigenvalue weighted by Gasteiger charge is 2.40. The molecule has 0 radical (unpaired) electrons. The van der Waals surface area contributed by atoms with Gasteiger partial charge in [0.2, 0.25) is 17.7 Å². The number of likely N-dealkylation sites (tertiary alicyclic amines) is 1. The summed E-state index contributed by atoms with van der Waals surface area (Å²) in [6.45, 7) is 5.27. The van der Waals surface area contributed by atoms with Gasteiger partial charge in [-0.25, -0.2) is 4.79 Å². The molecule has 1 aliphatic heterocycles. The number of aliphatic hydroxyl groups excluding tert-OH is 1. The molecular formula is C24H36N4O7. The molecule has 11 heteroatoms. The number of carboxylic acids is 1. The average Bonchev–Trinajstić information content (AvgIpc) is 3.27. The Hall–Kier alpha value is -3.18. The van der Waals surface area contributed by atoms with E-state index in [1.807, 2.05) is 13.8 Å². The van der Waals surface area contributed by atoms with Gasteiger partial charge in [-0.2, -0.15) is 0 Å². The minimum atomic E-state index is -1.36. The highest BCUT2D eigenvalue weighted by atomic mass is 16.4. The van der Waals surface area contributed by atoms with Gasteiger partial charge in [0.25, 0.3) is 0 Å². The molecule has 2 rings (SSSR count). The number of nitrogens with two attached hydrogens (primary N) is 1. The number of nitrogens with one attached hydrogen (secondary N) is 2. The molecule has 1 aromatic rings. The van der Waals surface area contributed by atoms with E-state index in [9.17, 15) is 34.5 Å². The summed E-state index contributed by atoms with van der Waals surface area (Å²) in [5, 5.41) is 34.1. The Kier molecular flexibility index (Phi) is 10.0. The molecule has 0 saturated carbocycles. The van der Waals surface area contributed by atoms with Gasteiger partial charge in [-0.05, 0) is 56.2 Å². The van der Waals surface area contributed by atoms with E-state index in [1.165, 1.54) is 19.1 Å². The van der Waals surface area contributed by atoms with Crippen molar-refractivity contribution in [2.45, 2.75) is 76.7 Å². The van der Waals surface area contributed by atoms with E-state index in [4.69, 9.17) is 5.73 Å². The fourth-order valence-electron chi connectivity index (χ4n) is 4.07. The lowest BCUT2D eigenvalue weighted by Gasteiger charge is -2.30. The number of aliphatic hydroxyl groups is 1. The van der Waals surface area contributed by atoms with Crippen molar-refractivity contribution >= 4 is 23.7 Å². The third-order valence-corrected chi connectivity index (χ3v) is 5.94. The number of hydrogen-bond acceptors (Lipinski definition) is 7. The molecule has 194 valence electrons. The van der Waals surface area contributed by atoms with E-state index in [0.29, 0.717) is 12.8 Å². The van der Waals surface area contributed by atoms with Crippen LogP contribution in [0.3, 0.4) is 0 Å². The molecule has 1 saturated heterocycles. The molecular weight excluding hydrogens is 456 g/mol. The Morgan fingerprint density at radius 1 is 1.09 bits per heavy atom. The normalized spacial score (nSPS) is 19.0. The smallest absolute Gasteiger partial charge is 0.326 e. The van der Waals surface area contributed by atoms with Crippen LogP contribution in [0.5, 0.6) is 5.75 Å². The second kappa shape index (κ2) is 12.5. The zero-order chi connectivity index (χ0) is 26.3. The van der Waals surface area contributed by atoms with E-state index in [0.717, 1.165) is 10.5 Å². The topological polar surface area (TPSA) is 182 Å². The summed E-state index contributed by atoms with van der Waals surface area (Å²) in [5.41, 5.74) is 6.76. The number of phenols is 1. The molecule has 5 atom stereocenters. The number of amides is 3. The first kappa shape index (κ1) is 28.1. The van der Waals surface area contributed by atoms with Crippen LogP contribution in [-0.4, -0.2) is 80.7 Å². The number of benzene rings is 1. The minimum Gasteiger partial charge on any atom is -0.508 e. The molecule has 0 spiro atoms. The van der Waals surface area contributed by atoms with Crippen molar-refractivity contribution < 1.29 is 34.5 Å². The molecule has 7 N–H and O–H groups in total. The van der Waals surface area contributed by atoms with Crippen LogP contribution < -0.4 is 16.4 Å². The monoisotopic (exact) mass is 492 g/mol. The van der Waals surface area contributed by atoms with Crippen LogP contribution in [-0.2, 0) is 25.6 Å². The fraction of sp³-hybridized carbons (Fsp3) is 0.583. The summed E-state index contributed by atoms with van der Waals surface area (Å²) in [6, 6.07) is 1.90. The van der Waals surface area contributed by atoms with Gasteiger partial charge in [0.1, 0.15) is 23.9 Å². The molecule has 1 heterocycles. The van der Waals surface area contributed by atoms with Gasteiger partial charge in [-0.15, -0.1) is 0 Å². The van der Waals surface area contributed by atoms with Crippen LogP contribution in [0.25, 0.3) is 0 Å². The molecule has 1 aromatic carbocycles. The van der Waals surface area contributed by atoms with E-state index in [-0.39, 0.29) is 31.1 Å². The quantitative estimate of drug-likeness (QED) is 0.244. The van der Waals surface area contributed by atoms with Gasteiger partial charge >= 0.3 is 5.97 Å². The molecule has 1 aliphatic rings. The van der Waals surface area contributed by atoms with Crippen molar-refractivity contribution in [3.8, 4) is 5.75 Å². The number of aromatic hydroxyl groups is 1. The second-order valence-electron chi connectivity index (χ2n) is 9.42. The first-order valence-corrected chi connectivity index (χ1v) is 11.8. The Labute approximate surface area is 204 Å². The lowest BCUT2D eigenvalue weighted by atomic mass is 10.0. The van der Waals surface area contributed by atoms with Crippen LogP contribution in [0.2, 0.25) is 0 Å². The van der Waals surface area contributed by atoms with Crippen molar-refractivity contribution in [2.24, 2.45) is 11.7 Å². The lowest BCUT2D eigenvalue weighted by Crippen LogP contribution is -2.60. The number of hydrogen-bond donors (Lipinski definition) is 6. The number of carbonyl (C=O) groups is 4. The number of rotatable bonds is 11. The largest absolute Gasteiger partial charge is 0.508 e. The number of phenolic OH excluding ortho intramolecular Hbond substituents is 1. The van der Waals surface area contributed by atoms with Crippen LogP contribution >= 0.6 is 0 Å². The van der Waals surface area contributed by atoms with Crippen LogP contribution in [0.4, 0.5) is 0 Å². The molecule has 35 heavy (non-hydrogen) atoms. The maximum atomic E-state index is 13.1. The van der Waals surface area contributed by atoms with Gasteiger partial charge in [0.15, 0.2) is 0 Å². The summed E-state index contributed by atoms with van der Waals surface area (Å²) in [5.74, 6) is -2.96. The van der Waals surface area contributed by atoms with Crippen molar-refractivity contribution in [1.82, 2.24) is 15.5 Å². The van der Waals surface area contributed by atoms with Gasteiger partial charge < -0.3 is 36.6 Å². The highest BCUT2D eigenvalue weighted by Crippen LogP contribution is 2.19. The van der Waals surface area contributed by atoms with E-state index < -0.39 is 54.0 Å². The molecule has 11 nitrogen and oxygen atoms in total. The minimum absolute atomic E-state index is 0.00930. The predicted octanol–water partition coefficient (Wildman–Crippen LogP) is -0.266. The standard InChI is InChI=1S/C24H36N4O7/c1-13(2)11-18(26-21(31)17(25)12-15-6-8-16(30)9-7-15)22(32)27-20(14(3)29)23(33)28-10-4-5-19(28)24(34)35/h6-9,13-14,17-20,29-30H,4-5,10-12,25H2,1-3H3,(H,26,31)(H,27,32)(H,34,35). The summed E-state index contributed by atoms with van der Waals surface area (Å²) in [6.07, 6.45) is -0.0388. The van der Waals surface area contributed by atoms with E-state index in [1.54, 1.807) is 12.1 Å². The Bertz CT molecular complexity index is 904. The van der Waals surface area contributed by atoms with E-state index >= 15 is 0 Å². The number of aliphatic carboxylic acids is 1. The van der Waals surface area contributed by atoms with Gasteiger partial charge in [0.05, 0.1) is 12.1 Å². The second-order valence-corrected chi connectivity index (χ2v) is 9.42. The van der Waals surface area contributed by atoms with Gasteiger partial charge in [-0.1, -0.05) is 26.0 Å². The molecule has 0 aromatic heterocycles. The van der Waals surface area contributed by atoms with Gasteiger partial charge in [0, 0.05) is 6.54 Å². The predicted molar refractivity (Wildman–Crippen MR) is 127 cm³/mol. The maximum Gasteiger partial charge on any atom is 0.326 e. The molecule has 0 bridgehead atoms. The van der Waals surface area contributed by atoms with Crippen molar-refractivity contribution in [1.29, 1.82) is 0 Å². The first-order valence-electron chi connectivity index (χ1n) is 11.8. The van der Waals surface area contributed by atoms with Crippen LogP contribution in [0, 0.1) is 5.92 Å². The summed E-state index contributed by atoms with van der Waals surface area (Å²) in [4.78, 5) is 51.5. The maximum absolute atomic E-state index is 13.1. The first-order chi connectivity index (χ1) is 16.4. The Morgan fingerprint density at radius 3 is 2.26 bits per heavy atom. The van der Waals surface area contributed by atoms with Crippen molar-refractivity contribution in [3.63, 3.8) is 0 Å². The summed E-state index contributed by atoms with van der Waals surface area (Å²) < 4.78 is 0. The zero-order valence-electron chi connectivity index (χ0n) is 20.3. The third kappa shape index (κ3) is 7.93. The summed E-state index contributed by atoms with van der Waals surface area (Å²) >= 11 is 0. The Balaban J connectivity index is 2.10. The van der Waals surface area contributed by atoms with Gasteiger partial charge in [-0.3, -0.25) is 14.4 Å². The fourth-order valence-corrected chi connectivity index (χ4v) is 4.07. The third-order valence-electron chi connectivity index (χ3n) is 5.94. The van der Waals surface area contributed by atoms with Crippen LogP contribution in [0.1, 0.15) is 45.6 Å². The van der Waals surface area contributed by atoms with E-state index in [2.05, 4.69) is 10.6 Å². The molecule has 3 amide bonds. The lowest BCUT2D eigenvalue weighted by molar-refractivity contribution is -0.150. The molecule has 0 aliphatic carbocycles. The summed E-state index contributed by atoms with van der Waals surface area (Å²) in [7, 11) is 0. The number of carboxylic acid groups (broad SMARTS) is 1.